The van der Waals surface area contributed by atoms with E-state index in [4.69, 9.17) is 5.84 Å². The maximum Gasteiger partial charge on any atom is 0.168 e. The molecule has 4 rings (SSSR count). The number of nitrogens with two attached hydrogens (primary N) is 1. The monoisotopic (exact) mass is 491 g/mol. The molecule has 4 aromatic rings. The summed E-state index contributed by atoms with van der Waals surface area (Å²) in [4.78, 5) is 4.11. The fraction of sp³-hybridized carbons (Fsp3) is 0.393. The molecule has 0 saturated carbocycles. The molecule has 1 atom stereocenters. The largest absolute Gasteiger partial charge is 0.387 e. The van der Waals surface area contributed by atoms with E-state index >= 15 is 0 Å². The number of hydrogen-bond acceptors (Lipinski definition) is 6. The molecule has 0 aliphatic carbocycles. The van der Waals surface area contributed by atoms with Gasteiger partial charge in [-0.2, -0.15) is 10.2 Å². The number of hydrogen-bond donors (Lipinski definition) is 3. The van der Waals surface area contributed by atoms with Crippen molar-refractivity contribution in [2.24, 2.45) is 5.84 Å². The van der Waals surface area contributed by atoms with Crippen LogP contribution in [0.25, 0.3) is 5.52 Å². The van der Waals surface area contributed by atoms with Crippen molar-refractivity contribution in [2.75, 3.05) is 5.43 Å². The molecule has 0 radical (unpaired) electrons. The molecule has 8 nitrogen and oxygen atoms in total. The van der Waals surface area contributed by atoms with Gasteiger partial charge in [-0.3, -0.25) is 4.68 Å². The Labute approximate surface area is 214 Å². The molecule has 36 heavy (non-hydrogen) atoms. The lowest BCUT2D eigenvalue weighted by molar-refractivity contribution is 0.166. The summed E-state index contributed by atoms with van der Waals surface area (Å²) in [5, 5.41) is 18.8. The first-order chi connectivity index (χ1) is 17.4. The molecule has 4 N–H and O–H groups in total. The van der Waals surface area contributed by atoms with Crippen molar-refractivity contribution in [1.29, 1.82) is 0 Å². The van der Waals surface area contributed by atoms with Crippen molar-refractivity contribution in [1.82, 2.24) is 24.4 Å². The van der Waals surface area contributed by atoms with E-state index in [1.807, 2.05) is 44.5 Å². The molecule has 0 bridgehead atoms. The number of benzene rings is 1. The van der Waals surface area contributed by atoms with Crippen molar-refractivity contribution in [2.45, 2.75) is 73.5 Å². The third-order valence-electron chi connectivity index (χ3n) is 5.63. The quantitative estimate of drug-likeness (QED) is 0.173. The number of aromatic nitrogens is 5. The normalized spacial score (nSPS) is 11.2. The van der Waals surface area contributed by atoms with E-state index in [1.54, 1.807) is 4.52 Å². The van der Waals surface area contributed by atoms with Gasteiger partial charge in [-0.1, -0.05) is 70.2 Å². The summed E-state index contributed by atoms with van der Waals surface area (Å²) in [7, 11) is 0. The van der Waals surface area contributed by atoms with Crippen molar-refractivity contribution in [3.63, 3.8) is 0 Å². The number of fused-ring (bicyclic) bond motifs is 1. The van der Waals surface area contributed by atoms with Crippen LogP contribution in [0, 0.1) is 6.92 Å². The second-order valence-electron chi connectivity index (χ2n) is 8.44. The summed E-state index contributed by atoms with van der Waals surface area (Å²) in [6.07, 6.45) is 5.37. The molecule has 0 aliphatic rings. The zero-order chi connectivity index (χ0) is 26.7. The minimum Gasteiger partial charge on any atom is -0.387 e. The van der Waals surface area contributed by atoms with Gasteiger partial charge >= 0.3 is 0 Å². The Balaban J connectivity index is 0.000000243. The number of aliphatic hydroxyl groups is 1. The van der Waals surface area contributed by atoms with Crippen LogP contribution in [0.1, 0.15) is 75.2 Å². The van der Waals surface area contributed by atoms with Crippen molar-refractivity contribution < 1.29 is 5.11 Å². The standard InChI is InChI=1S/C13H19N5O.C13H16N2.C2H6/c1-4-11(19)10-6-9(5-8(2)3)12-13(17-14)15-7-16-18(10)12;1-3-13-10-15(14-11(13)2)9-12-7-5-4-6-8-12;1-2/h6-7,11,19H,2,4-5,14H2,1,3H3,(H,15,16,17);4-8,10H,3,9H2,1-2H3;1-2H3. The lowest BCUT2D eigenvalue weighted by atomic mass is 10.1. The SMILES string of the molecule is C=C(C)Cc1cc(C(O)CC)n2ncnc(NN)c12.CC.CCc1cn(Cc2ccccc2)nc1C. The highest BCUT2D eigenvalue weighted by atomic mass is 16.3. The number of nitrogens with one attached hydrogen (secondary N) is 1. The van der Waals surface area contributed by atoms with Gasteiger partial charge in [0.2, 0.25) is 0 Å². The van der Waals surface area contributed by atoms with E-state index in [9.17, 15) is 5.11 Å². The van der Waals surface area contributed by atoms with Gasteiger partial charge in [0.15, 0.2) is 5.82 Å². The van der Waals surface area contributed by atoms with Crippen LogP contribution in [0.15, 0.2) is 61.1 Å². The van der Waals surface area contributed by atoms with Crippen molar-refractivity contribution in [3.8, 4) is 0 Å². The van der Waals surface area contributed by atoms with Crippen LogP contribution >= 0.6 is 0 Å². The molecule has 3 heterocycles. The zero-order valence-electron chi connectivity index (χ0n) is 22.5. The van der Waals surface area contributed by atoms with Gasteiger partial charge < -0.3 is 10.5 Å². The number of nitrogen functional groups attached to an aromatic ring is 1. The number of rotatable bonds is 8. The number of hydrazine groups is 1. The van der Waals surface area contributed by atoms with Crippen LogP contribution in [0.3, 0.4) is 0 Å². The molecule has 0 spiro atoms. The van der Waals surface area contributed by atoms with E-state index < -0.39 is 6.10 Å². The third-order valence-corrected chi connectivity index (χ3v) is 5.63. The Bertz CT molecular complexity index is 1230. The molecule has 0 aliphatic heterocycles. The van der Waals surface area contributed by atoms with Gasteiger partial charge in [0, 0.05) is 6.20 Å². The van der Waals surface area contributed by atoms with Crippen LogP contribution in [0.2, 0.25) is 0 Å². The maximum absolute atomic E-state index is 10.1. The highest BCUT2D eigenvalue weighted by Crippen LogP contribution is 2.28. The number of aryl methyl sites for hydroxylation is 2. The summed E-state index contributed by atoms with van der Waals surface area (Å²) in [5.74, 6) is 6.04. The summed E-state index contributed by atoms with van der Waals surface area (Å²) in [6, 6.07) is 12.4. The Morgan fingerprint density at radius 1 is 1.17 bits per heavy atom. The van der Waals surface area contributed by atoms with E-state index in [0.29, 0.717) is 18.7 Å². The van der Waals surface area contributed by atoms with Crippen LogP contribution in [0.4, 0.5) is 5.82 Å². The fourth-order valence-electron chi connectivity index (χ4n) is 3.92. The molecule has 0 amide bonds. The first kappa shape index (κ1) is 28.7. The summed E-state index contributed by atoms with van der Waals surface area (Å²) < 4.78 is 3.71. The first-order valence-corrected chi connectivity index (χ1v) is 12.6. The average molecular weight is 492 g/mol. The molecule has 1 aromatic carbocycles. The van der Waals surface area contributed by atoms with E-state index in [-0.39, 0.29) is 0 Å². The molecular formula is C28H41N7O. The summed E-state index contributed by atoms with van der Waals surface area (Å²) in [6.45, 7) is 16.9. The molecular weight excluding hydrogens is 450 g/mol. The predicted octanol–water partition coefficient (Wildman–Crippen LogP) is 5.41. The summed E-state index contributed by atoms with van der Waals surface area (Å²) in [5.41, 5.74) is 9.91. The second kappa shape index (κ2) is 14.2. The van der Waals surface area contributed by atoms with Gasteiger partial charge in [-0.25, -0.2) is 15.3 Å². The lowest BCUT2D eigenvalue weighted by Crippen LogP contribution is -2.12. The van der Waals surface area contributed by atoms with E-state index in [1.165, 1.54) is 17.5 Å². The zero-order valence-corrected chi connectivity index (χ0v) is 22.5. The highest BCUT2D eigenvalue weighted by molar-refractivity contribution is 5.73. The highest BCUT2D eigenvalue weighted by Gasteiger charge is 2.18. The fourth-order valence-corrected chi connectivity index (χ4v) is 3.92. The lowest BCUT2D eigenvalue weighted by Gasteiger charge is -2.08. The Morgan fingerprint density at radius 3 is 2.42 bits per heavy atom. The van der Waals surface area contributed by atoms with Gasteiger partial charge in [-0.15, -0.1) is 0 Å². The molecule has 1 unspecified atom stereocenters. The number of anilines is 1. The van der Waals surface area contributed by atoms with E-state index in [0.717, 1.165) is 41.0 Å². The smallest absolute Gasteiger partial charge is 0.168 e. The van der Waals surface area contributed by atoms with Crippen molar-refractivity contribution in [3.05, 3.63) is 89.2 Å². The van der Waals surface area contributed by atoms with Crippen LogP contribution in [-0.4, -0.2) is 29.5 Å². The van der Waals surface area contributed by atoms with E-state index in [2.05, 4.69) is 71.5 Å². The molecule has 0 fully saturated rings. The number of nitrogens with zero attached hydrogens (tertiary/aromatic N) is 5. The van der Waals surface area contributed by atoms with Crippen LogP contribution < -0.4 is 11.3 Å². The third kappa shape index (κ3) is 7.26. The maximum atomic E-state index is 10.1. The minimum atomic E-state index is -0.563. The number of allylic oxidation sites excluding steroid dienone is 1. The average Bonchev–Trinajstić information content (AvgIpc) is 3.44. The molecule has 194 valence electrons. The first-order valence-electron chi connectivity index (χ1n) is 12.6. The van der Waals surface area contributed by atoms with Crippen LogP contribution in [-0.2, 0) is 19.4 Å². The van der Waals surface area contributed by atoms with Crippen LogP contribution in [0.5, 0.6) is 0 Å². The Hall–Kier alpha value is -3.49. The van der Waals surface area contributed by atoms with Crippen molar-refractivity contribution >= 4 is 11.3 Å². The molecule has 8 heteroatoms. The topological polar surface area (TPSA) is 106 Å². The second-order valence-corrected chi connectivity index (χ2v) is 8.44. The van der Waals surface area contributed by atoms with Gasteiger partial charge in [-0.05, 0) is 55.9 Å². The molecule has 3 aromatic heterocycles. The summed E-state index contributed by atoms with van der Waals surface area (Å²) >= 11 is 0. The van der Waals surface area contributed by atoms with Gasteiger partial charge in [0.25, 0.3) is 0 Å². The van der Waals surface area contributed by atoms with Gasteiger partial charge in [0.05, 0.1) is 24.0 Å². The Kier molecular flexibility index (Phi) is 11.3. The minimum absolute atomic E-state index is 0.542. The predicted molar refractivity (Wildman–Crippen MR) is 148 cm³/mol. The number of aliphatic hydroxyl groups excluding tert-OH is 1. The Morgan fingerprint density at radius 2 is 1.86 bits per heavy atom. The van der Waals surface area contributed by atoms with Gasteiger partial charge in [0.1, 0.15) is 11.8 Å². The molecule has 0 saturated heterocycles.